The second-order valence-corrected chi connectivity index (χ2v) is 7.06. The van der Waals surface area contributed by atoms with Crippen LogP contribution in [0.4, 0.5) is 5.69 Å². The fourth-order valence-corrected chi connectivity index (χ4v) is 4.05. The number of hydrogen-bond donors (Lipinski definition) is 1. The molecule has 1 heterocycles. The lowest BCUT2D eigenvalue weighted by Crippen LogP contribution is -2.43. The Morgan fingerprint density at radius 3 is 2.67 bits per heavy atom. The standard InChI is InChI=1S/C17H18N2O4S/c1-23-16-9-5-3-7-14(16)12-17(20)18-24(21,22)19-11-10-13-6-2-4-8-15(13)19/h2-9H,10-12H2,1H3,(H,18,20). The predicted molar refractivity (Wildman–Crippen MR) is 91.3 cm³/mol. The van der Waals surface area contributed by atoms with E-state index in [1.165, 1.54) is 11.4 Å². The monoisotopic (exact) mass is 346 g/mol. The summed E-state index contributed by atoms with van der Waals surface area (Å²) < 4.78 is 33.6. The first kappa shape index (κ1) is 16.3. The summed E-state index contributed by atoms with van der Waals surface area (Å²) in [5, 5.41) is 0. The molecule has 0 spiro atoms. The molecule has 0 fully saturated rings. The number of carbonyl (C=O) groups is 1. The number of methoxy groups -OCH3 is 1. The van der Waals surface area contributed by atoms with E-state index < -0.39 is 16.1 Å². The van der Waals surface area contributed by atoms with Crippen LogP contribution in [-0.2, 0) is 27.8 Å². The third-order valence-corrected chi connectivity index (χ3v) is 5.37. The molecule has 3 rings (SSSR count). The Morgan fingerprint density at radius 2 is 1.88 bits per heavy atom. The van der Waals surface area contributed by atoms with Crippen molar-refractivity contribution in [3.05, 3.63) is 59.7 Å². The molecule has 0 aliphatic carbocycles. The average Bonchev–Trinajstić information content (AvgIpc) is 2.99. The fourth-order valence-electron chi connectivity index (χ4n) is 2.81. The van der Waals surface area contributed by atoms with Crippen molar-refractivity contribution in [2.45, 2.75) is 12.8 Å². The van der Waals surface area contributed by atoms with Gasteiger partial charge in [-0.05, 0) is 24.1 Å². The van der Waals surface area contributed by atoms with Crippen molar-refractivity contribution in [3.63, 3.8) is 0 Å². The molecule has 0 aromatic heterocycles. The lowest BCUT2D eigenvalue weighted by atomic mass is 10.1. The molecule has 2 aromatic carbocycles. The number of benzene rings is 2. The minimum atomic E-state index is -3.92. The summed E-state index contributed by atoms with van der Waals surface area (Å²) in [5.41, 5.74) is 2.21. The molecular weight excluding hydrogens is 328 g/mol. The number of anilines is 1. The van der Waals surface area contributed by atoms with Crippen LogP contribution in [-0.4, -0.2) is 28.0 Å². The molecule has 0 saturated heterocycles. The zero-order chi connectivity index (χ0) is 17.2. The van der Waals surface area contributed by atoms with Crippen LogP contribution >= 0.6 is 0 Å². The van der Waals surface area contributed by atoms with Crippen molar-refractivity contribution in [3.8, 4) is 5.75 Å². The number of rotatable bonds is 5. The minimum absolute atomic E-state index is 0.0707. The first-order valence-corrected chi connectivity index (χ1v) is 8.98. The Balaban J connectivity index is 1.74. The van der Waals surface area contributed by atoms with Crippen molar-refractivity contribution < 1.29 is 17.9 Å². The molecule has 1 amide bonds. The summed E-state index contributed by atoms with van der Waals surface area (Å²) in [4.78, 5) is 12.2. The fraction of sp³-hybridized carbons (Fsp3) is 0.235. The van der Waals surface area contributed by atoms with Crippen molar-refractivity contribution in [2.75, 3.05) is 18.0 Å². The van der Waals surface area contributed by atoms with Gasteiger partial charge in [-0.1, -0.05) is 36.4 Å². The van der Waals surface area contributed by atoms with Crippen LogP contribution in [0.2, 0.25) is 0 Å². The van der Waals surface area contributed by atoms with Gasteiger partial charge >= 0.3 is 10.2 Å². The van der Waals surface area contributed by atoms with E-state index in [4.69, 9.17) is 4.74 Å². The molecule has 0 bridgehead atoms. The van der Waals surface area contributed by atoms with E-state index in [0.29, 0.717) is 30.0 Å². The molecule has 1 aliphatic heterocycles. The molecule has 0 radical (unpaired) electrons. The topological polar surface area (TPSA) is 75.7 Å². The molecule has 1 N–H and O–H groups in total. The number of hydrogen-bond acceptors (Lipinski definition) is 4. The van der Waals surface area contributed by atoms with Gasteiger partial charge in [-0.3, -0.25) is 9.10 Å². The summed E-state index contributed by atoms with van der Waals surface area (Å²) in [7, 11) is -2.41. The second kappa shape index (κ2) is 6.52. The molecule has 7 heteroatoms. The molecule has 2 aromatic rings. The highest BCUT2D eigenvalue weighted by Crippen LogP contribution is 2.29. The second-order valence-electron chi connectivity index (χ2n) is 5.47. The maximum absolute atomic E-state index is 12.5. The SMILES string of the molecule is COc1ccccc1CC(=O)NS(=O)(=O)N1CCc2ccccc21. The van der Waals surface area contributed by atoms with Gasteiger partial charge in [0, 0.05) is 12.1 Å². The van der Waals surface area contributed by atoms with Crippen LogP contribution in [0.25, 0.3) is 0 Å². The Labute approximate surface area is 141 Å². The minimum Gasteiger partial charge on any atom is -0.496 e. The number of nitrogens with one attached hydrogen (secondary N) is 1. The maximum atomic E-state index is 12.5. The highest BCUT2D eigenvalue weighted by Gasteiger charge is 2.30. The third kappa shape index (κ3) is 3.21. The Bertz CT molecular complexity index is 864. The number of para-hydroxylation sites is 2. The van der Waals surface area contributed by atoms with Gasteiger partial charge in [0.25, 0.3) is 0 Å². The van der Waals surface area contributed by atoms with Crippen LogP contribution in [0, 0.1) is 0 Å². The molecule has 6 nitrogen and oxygen atoms in total. The van der Waals surface area contributed by atoms with Crippen LogP contribution < -0.4 is 13.8 Å². The first-order chi connectivity index (χ1) is 11.5. The summed E-state index contributed by atoms with van der Waals surface area (Å²) in [6.07, 6.45) is 0.566. The molecule has 1 aliphatic rings. The van der Waals surface area contributed by atoms with E-state index in [1.807, 2.05) is 12.1 Å². The van der Waals surface area contributed by atoms with E-state index in [-0.39, 0.29) is 6.42 Å². The van der Waals surface area contributed by atoms with Crippen LogP contribution in [0.3, 0.4) is 0 Å². The van der Waals surface area contributed by atoms with Gasteiger partial charge in [0.15, 0.2) is 0 Å². The Hall–Kier alpha value is -2.54. The average molecular weight is 346 g/mol. The highest BCUT2D eigenvalue weighted by atomic mass is 32.2. The number of ether oxygens (including phenoxy) is 1. The zero-order valence-corrected chi connectivity index (χ0v) is 14.0. The lowest BCUT2D eigenvalue weighted by molar-refractivity contribution is -0.118. The Kier molecular flexibility index (Phi) is 4.44. The highest BCUT2D eigenvalue weighted by molar-refractivity contribution is 7.91. The Morgan fingerprint density at radius 1 is 1.17 bits per heavy atom. The van der Waals surface area contributed by atoms with Gasteiger partial charge in [0.1, 0.15) is 5.75 Å². The van der Waals surface area contributed by atoms with Crippen molar-refractivity contribution in [1.29, 1.82) is 0 Å². The van der Waals surface area contributed by atoms with Gasteiger partial charge in [-0.25, -0.2) is 4.72 Å². The summed E-state index contributed by atoms with van der Waals surface area (Å²) in [6, 6.07) is 14.3. The predicted octanol–water partition coefficient (Wildman–Crippen LogP) is 1.66. The summed E-state index contributed by atoms with van der Waals surface area (Å²) >= 11 is 0. The number of fused-ring (bicyclic) bond motifs is 1. The van der Waals surface area contributed by atoms with Crippen molar-refractivity contribution >= 4 is 21.8 Å². The van der Waals surface area contributed by atoms with Crippen LogP contribution in [0.5, 0.6) is 5.75 Å². The lowest BCUT2D eigenvalue weighted by Gasteiger charge is -2.19. The van der Waals surface area contributed by atoms with E-state index in [2.05, 4.69) is 4.72 Å². The van der Waals surface area contributed by atoms with Gasteiger partial charge < -0.3 is 4.74 Å². The smallest absolute Gasteiger partial charge is 0.326 e. The van der Waals surface area contributed by atoms with Crippen LogP contribution in [0.1, 0.15) is 11.1 Å². The van der Waals surface area contributed by atoms with Crippen molar-refractivity contribution in [2.24, 2.45) is 0 Å². The van der Waals surface area contributed by atoms with Crippen molar-refractivity contribution in [1.82, 2.24) is 4.72 Å². The molecule has 0 saturated carbocycles. The molecular formula is C17H18N2O4S. The van der Waals surface area contributed by atoms with Gasteiger partial charge in [-0.15, -0.1) is 0 Å². The van der Waals surface area contributed by atoms with Gasteiger partial charge in [0.2, 0.25) is 5.91 Å². The molecule has 126 valence electrons. The van der Waals surface area contributed by atoms with Gasteiger partial charge in [0.05, 0.1) is 19.2 Å². The zero-order valence-electron chi connectivity index (χ0n) is 13.2. The van der Waals surface area contributed by atoms with E-state index in [9.17, 15) is 13.2 Å². The molecule has 0 unspecified atom stereocenters. The largest absolute Gasteiger partial charge is 0.496 e. The maximum Gasteiger partial charge on any atom is 0.326 e. The van der Waals surface area contributed by atoms with Crippen LogP contribution in [0.15, 0.2) is 48.5 Å². The number of nitrogens with zero attached hydrogens (tertiary/aromatic N) is 1. The summed E-state index contributed by atoms with van der Waals surface area (Å²) in [6.45, 7) is 0.330. The number of amides is 1. The number of carbonyl (C=O) groups excluding carboxylic acids is 1. The molecule has 24 heavy (non-hydrogen) atoms. The normalized spacial score (nSPS) is 13.5. The molecule has 0 atom stereocenters. The van der Waals surface area contributed by atoms with E-state index in [1.54, 1.807) is 36.4 Å². The van der Waals surface area contributed by atoms with Gasteiger partial charge in [-0.2, -0.15) is 8.42 Å². The van der Waals surface area contributed by atoms with E-state index >= 15 is 0 Å². The quantitative estimate of drug-likeness (QED) is 0.893. The third-order valence-electron chi connectivity index (χ3n) is 3.92. The first-order valence-electron chi connectivity index (χ1n) is 7.54. The van der Waals surface area contributed by atoms with E-state index in [0.717, 1.165) is 5.56 Å². The summed E-state index contributed by atoms with van der Waals surface area (Å²) in [5.74, 6) is -0.0413.